The van der Waals surface area contributed by atoms with Crippen molar-refractivity contribution in [2.45, 2.75) is 33.1 Å². The molecule has 2 aromatic carbocycles. The van der Waals surface area contributed by atoms with Crippen molar-refractivity contribution in [1.29, 1.82) is 0 Å². The Morgan fingerprint density at radius 2 is 1.88 bits per heavy atom. The van der Waals surface area contributed by atoms with Crippen molar-refractivity contribution >= 4 is 18.6 Å². The van der Waals surface area contributed by atoms with Gasteiger partial charge in [-0.3, -0.25) is 4.52 Å². The highest BCUT2D eigenvalue weighted by Crippen LogP contribution is 2.44. The molecule has 2 aromatic rings. The van der Waals surface area contributed by atoms with Crippen molar-refractivity contribution in [1.82, 2.24) is 0 Å². The van der Waals surface area contributed by atoms with Gasteiger partial charge in [0.15, 0.2) is 5.75 Å². The fourth-order valence-corrected chi connectivity index (χ4v) is 2.93. The molecular formula is C18H25O6P. The zero-order chi connectivity index (χ0) is 18.1. The molecule has 0 radical (unpaired) electrons. The first-order valence-electron chi connectivity index (χ1n) is 8.49. The highest BCUT2D eigenvalue weighted by Gasteiger charge is 2.24. The van der Waals surface area contributed by atoms with Gasteiger partial charge in [0.25, 0.3) is 0 Å². The van der Waals surface area contributed by atoms with Crippen molar-refractivity contribution < 1.29 is 28.3 Å². The first-order chi connectivity index (χ1) is 12.1. The summed E-state index contributed by atoms with van der Waals surface area (Å²) >= 11 is 0. The smallest absolute Gasteiger partial charge is 0.379 e. The summed E-state index contributed by atoms with van der Waals surface area (Å²) in [6.07, 6.45) is 2.81. The summed E-state index contributed by atoms with van der Waals surface area (Å²) in [5, 5.41) is 1.79. The van der Waals surface area contributed by atoms with Crippen molar-refractivity contribution in [3.05, 3.63) is 42.0 Å². The molecule has 0 fully saturated rings. The molecule has 0 bridgehead atoms. The third-order valence-electron chi connectivity index (χ3n) is 3.66. The minimum atomic E-state index is -4.32. The number of ether oxygens (including phenoxy) is 1. The summed E-state index contributed by atoms with van der Waals surface area (Å²) in [4.78, 5) is 15.0. The Morgan fingerprint density at radius 1 is 1.08 bits per heavy atom. The zero-order valence-corrected chi connectivity index (χ0v) is 15.5. The normalized spacial score (nSPS) is 13.7. The molecule has 25 heavy (non-hydrogen) atoms. The average molecular weight is 368 g/mol. The Hall–Kier alpha value is -1.43. The monoisotopic (exact) mass is 368 g/mol. The molecule has 0 aliphatic heterocycles. The van der Waals surface area contributed by atoms with Gasteiger partial charge in [-0.2, -0.15) is 0 Å². The van der Waals surface area contributed by atoms with E-state index in [1.165, 1.54) is 0 Å². The van der Waals surface area contributed by atoms with Crippen LogP contribution in [0, 0.1) is 0 Å². The number of unbranched alkanes of at least 4 members (excludes halogenated alkanes) is 1. The quantitative estimate of drug-likeness (QED) is 0.269. The maximum atomic E-state index is 11.9. The number of aryl methyl sites for hydroxylation is 1. The molecule has 1 atom stereocenters. The van der Waals surface area contributed by atoms with Crippen LogP contribution in [0.2, 0.25) is 0 Å². The molecule has 138 valence electrons. The molecule has 1 unspecified atom stereocenters. The standard InChI is InChI=1S/C18H25O6P/c1-3-5-8-16-12-11-15-9-6-7-10-17(15)18(16)23-24-25(19,20)22-14-13-21-4-2/h6-7,9-12H,3-5,8,13-14H2,1-2H3,(H,19,20). The number of phosphoric acid groups is 1. The van der Waals surface area contributed by atoms with Gasteiger partial charge in [-0.15, -0.1) is 0 Å². The first-order valence-corrected chi connectivity index (χ1v) is 9.99. The van der Waals surface area contributed by atoms with Gasteiger partial charge in [-0.25, -0.2) is 4.57 Å². The van der Waals surface area contributed by atoms with E-state index in [-0.39, 0.29) is 13.2 Å². The van der Waals surface area contributed by atoms with Crippen LogP contribution < -0.4 is 4.89 Å². The van der Waals surface area contributed by atoms with E-state index in [0.717, 1.165) is 35.6 Å². The van der Waals surface area contributed by atoms with Crippen LogP contribution in [-0.4, -0.2) is 24.7 Å². The molecule has 0 aromatic heterocycles. The molecular weight excluding hydrogens is 343 g/mol. The van der Waals surface area contributed by atoms with E-state index < -0.39 is 7.82 Å². The lowest BCUT2D eigenvalue weighted by Gasteiger charge is -2.15. The van der Waals surface area contributed by atoms with Crippen LogP contribution in [0.5, 0.6) is 5.75 Å². The van der Waals surface area contributed by atoms with E-state index >= 15 is 0 Å². The molecule has 0 heterocycles. The molecule has 1 N–H and O–H groups in total. The van der Waals surface area contributed by atoms with Gasteiger partial charge in [-0.1, -0.05) is 54.4 Å². The fraction of sp³-hybridized carbons (Fsp3) is 0.444. The van der Waals surface area contributed by atoms with Gasteiger partial charge in [0, 0.05) is 12.0 Å². The highest BCUT2D eigenvalue weighted by atomic mass is 31.2. The molecule has 7 heteroatoms. The molecule has 0 aliphatic carbocycles. The Kier molecular flexibility index (Phi) is 7.88. The second kappa shape index (κ2) is 9.90. The molecule has 0 aliphatic rings. The van der Waals surface area contributed by atoms with E-state index in [1.807, 2.05) is 43.3 Å². The average Bonchev–Trinajstić information content (AvgIpc) is 2.62. The largest absolute Gasteiger partial charge is 0.508 e. The lowest BCUT2D eigenvalue weighted by Crippen LogP contribution is -2.06. The number of hydrogen-bond donors (Lipinski definition) is 1. The van der Waals surface area contributed by atoms with Crippen LogP contribution in [0.1, 0.15) is 32.3 Å². The Bertz CT molecular complexity index is 718. The van der Waals surface area contributed by atoms with E-state index in [9.17, 15) is 9.46 Å². The number of fused-ring (bicyclic) bond motifs is 1. The van der Waals surface area contributed by atoms with Gasteiger partial charge in [0.2, 0.25) is 0 Å². The van der Waals surface area contributed by atoms with Gasteiger partial charge in [0.1, 0.15) is 0 Å². The lowest BCUT2D eigenvalue weighted by molar-refractivity contribution is -0.128. The predicted octanol–water partition coefficient (Wildman–Crippen LogP) is 4.65. The predicted molar refractivity (Wildman–Crippen MR) is 96.5 cm³/mol. The van der Waals surface area contributed by atoms with Crippen LogP contribution >= 0.6 is 7.82 Å². The molecule has 0 saturated heterocycles. The highest BCUT2D eigenvalue weighted by molar-refractivity contribution is 7.47. The third kappa shape index (κ3) is 6.10. The van der Waals surface area contributed by atoms with E-state index in [1.54, 1.807) is 0 Å². The minimum absolute atomic E-state index is 0.0524. The maximum absolute atomic E-state index is 11.9. The number of phosphoric ester groups is 1. The molecule has 6 nitrogen and oxygen atoms in total. The summed E-state index contributed by atoms with van der Waals surface area (Å²) in [5.41, 5.74) is 0.926. The third-order valence-corrected chi connectivity index (χ3v) is 4.43. The van der Waals surface area contributed by atoms with Crippen molar-refractivity contribution in [2.75, 3.05) is 19.8 Å². The Labute approximate surface area is 148 Å². The summed E-state index contributed by atoms with van der Waals surface area (Å²) in [5.74, 6) is 0.453. The van der Waals surface area contributed by atoms with Crippen LogP contribution in [0.25, 0.3) is 10.8 Å². The van der Waals surface area contributed by atoms with Crippen LogP contribution in [-0.2, 0) is 24.9 Å². The summed E-state index contributed by atoms with van der Waals surface area (Å²) in [7, 11) is -4.32. The number of benzene rings is 2. The molecule has 0 spiro atoms. The van der Waals surface area contributed by atoms with E-state index in [4.69, 9.17) is 18.8 Å². The molecule has 2 rings (SSSR count). The molecule has 0 amide bonds. The zero-order valence-electron chi connectivity index (χ0n) is 14.6. The second-order valence-corrected chi connectivity index (χ2v) is 6.88. The van der Waals surface area contributed by atoms with Gasteiger partial charge < -0.3 is 14.5 Å². The molecule has 0 saturated carbocycles. The van der Waals surface area contributed by atoms with E-state index in [0.29, 0.717) is 12.4 Å². The minimum Gasteiger partial charge on any atom is -0.379 e. The first kappa shape index (κ1) is 19.9. The van der Waals surface area contributed by atoms with Crippen LogP contribution in [0.4, 0.5) is 0 Å². The lowest BCUT2D eigenvalue weighted by atomic mass is 10.0. The maximum Gasteiger partial charge on any atom is 0.508 e. The van der Waals surface area contributed by atoms with Crippen molar-refractivity contribution in [3.63, 3.8) is 0 Å². The van der Waals surface area contributed by atoms with Crippen molar-refractivity contribution in [2.24, 2.45) is 0 Å². The summed E-state index contributed by atoms with van der Waals surface area (Å²) in [6, 6.07) is 11.6. The van der Waals surface area contributed by atoms with E-state index in [2.05, 4.69) is 6.92 Å². The number of hydrogen-bond acceptors (Lipinski definition) is 5. The Balaban J connectivity index is 2.13. The van der Waals surface area contributed by atoms with Gasteiger partial charge >= 0.3 is 7.82 Å². The fourth-order valence-electron chi connectivity index (χ4n) is 2.41. The SMILES string of the molecule is CCCCc1ccc2ccccc2c1OOP(=O)(O)OCCOCC. The van der Waals surface area contributed by atoms with Crippen LogP contribution in [0.15, 0.2) is 36.4 Å². The van der Waals surface area contributed by atoms with Gasteiger partial charge in [0.05, 0.1) is 13.2 Å². The Morgan fingerprint density at radius 3 is 2.64 bits per heavy atom. The number of rotatable bonds is 11. The summed E-state index contributed by atoms with van der Waals surface area (Å²) in [6.45, 7) is 4.60. The topological polar surface area (TPSA) is 74.2 Å². The van der Waals surface area contributed by atoms with Gasteiger partial charge in [-0.05, 0) is 30.7 Å². The second-order valence-electron chi connectivity index (χ2n) is 5.54. The van der Waals surface area contributed by atoms with Crippen LogP contribution in [0.3, 0.4) is 0 Å². The van der Waals surface area contributed by atoms with Crippen molar-refractivity contribution in [3.8, 4) is 5.75 Å². The summed E-state index contributed by atoms with van der Waals surface area (Å²) < 4.78 is 26.6.